The van der Waals surface area contributed by atoms with Gasteiger partial charge in [-0.3, -0.25) is 14.3 Å². The van der Waals surface area contributed by atoms with E-state index in [9.17, 15) is 0 Å². The lowest BCUT2D eigenvalue weighted by Gasteiger charge is -2.51. The maximum Gasteiger partial charge on any atom is 0.159 e. The largest absolute Gasteiger partial charge is 0.295 e. The van der Waals surface area contributed by atoms with E-state index in [4.69, 9.17) is 5.10 Å². The van der Waals surface area contributed by atoms with Gasteiger partial charge in [0.05, 0.1) is 18.4 Å². The van der Waals surface area contributed by atoms with Gasteiger partial charge < -0.3 is 0 Å². The van der Waals surface area contributed by atoms with E-state index in [1.807, 2.05) is 54.8 Å². The summed E-state index contributed by atoms with van der Waals surface area (Å²) in [6.45, 7) is 4.69. The van der Waals surface area contributed by atoms with Crippen LogP contribution in [0.4, 0.5) is 0 Å². The van der Waals surface area contributed by atoms with Crippen LogP contribution in [-0.2, 0) is 7.05 Å². The second-order valence-corrected chi connectivity index (χ2v) is 10.4. The van der Waals surface area contributed by atoms with E-state index < -0.39 is 0 Å². The highest BCUT2D eigenvalue weighted by Crippen LogP contribution is 2.40. The molecule has 0 spiro atoms. The topological polar surface area (TPSA) is 64.7 Å². The summed E-state index contributed by atoms with van der Waals surface area (Å²) in [5.74, 6) is 0.723. The van der Waals surface area contributed by atoms with E-state index in [1.165, 1.54) is 32.1 Å². The number of nitrogens with zero attached hydrogens (tertiary/aromatic N) is 7. The highest BCUT2D eigenvalue weighted by molar-refractivity contribution is 5.70. The molecule has 0 amide bonds. The molecule has 35 heavy (non-hydrogen) atoms. The molecule has 2 aliphatic rings. The normalized spacial score (nSPS) is 22.6. The Morgan fingerprint density at radius 2 is 1.46 bits per heavy atom. The summed E-state index contributed by atoms with van der Waals surface area (Å²) >= 11 is 0. The molecule has 3 aromatic heterocycles. The van der Waals surface area contributed by atoms with Crippen molar-refractivity contribution in [2.24, 2.45) is 7.05 Å². The lowest BCUT2D eigenvalue weighted by atomic mass is 9.81. The van der Waals surface area contributed by atoms with Gasteiger partial charge in [-0.1, -0.05) is 24.6 Å². The van der Waals surface area contributed by atoms with E-state index >= 15 is 0 Å². The fourth-order valence-corrected chi connectivity index (χ4v) is 6.17. The van der Waals surface area contributed by atoms with Crippen LogP contribution in [0, 0.1) is 0 Å². The number of rotatable bonds is 5. The van der Waals surface area contributed by atoms with E-state index in [2.05, 4.69) is 56.8 Å². The minimum Gasteiger partial charge on any atom is -0.295 e. The Hall–Kier alpha value is -3.32. The van der Waals surface area contributed by atoms with Crippen molar-refractivity contribution in [3.05, 3.63) is 61.4 Å². The van der Waals surface area contributed by atoms with E-state index in [0.717, 1.165) is 33.6 Å². The molecule has 5 heterocycles. The summed E-state index contributed by atoms with van der Waals surface area (Å²) in [4.78, 5) is 12.1. The third kappa shape index (κ3) is 4.29. The molecule has 2 fully saturated rings. The monoisotopic (exact) mass is 467 g/mol. The summed E-state index contributed by atoms with van der Waals surface area (Å²) in [6, 6.07) is 10.8. The lowest BCUT2D eigenvalue weighted by molar-refractivity contribution is -0.00888. The molecule has 2 aliphatic heterocycles. The fraction of sp³-hybridized carbons (Fsp3) is 0.429. The second kappa shape index (κ2) is 9.04. The Kier molecular flexibility index (Phi) is 5.72. The van der Waals surface area contributed by atoms with Gasteiger partial charge in [-0.15, -0.1) is 0 Å². The van der Waals surface area contributed by atoms with Crippen LogP contribution in [0.25, 0.3) is 33.6 Å². The minimum absolute atomic E-state index is 0.476. The third-order valence-corrected chi connectivity index (χ3v) is 7.72. The first-order chi connectivity index (χ1) is 17.0. The van der Waals surface area contributed by atoms with Crippen LogP contribution in [0.15, 0.2) is 61.4 Å². The minimum atomic E-state index is 0.476. The maximum absolute atomic E-state index is 4.78. The first kappa shape index (κ1) is 22.2. The Bertz CT molecular complexity index is 1290. The zero-order chi connectivity index (χ0) is 23.9. The summed E-state index contributed by atoms with van der Waals surface area (Å²) in [7, 11) is 1.93. The summed E-state index contributed by atoms with van der Waals surface area (Å²) in [5, 5.41) is 9.05. The molecule has 2 unspecified atom stereocenters. The van der Waals surface area contributed by atoms with E-state index in [-0.39, 0.29) is 0 Å². The van der Waals surface area contributed by atoms with Crippen LogP contribution in [0.3, 0.4) is 0 Å². The van der Waals surface area contributed by atoms with Crippen molar-refractivity contribution in [1.82, 2.24) is 34.4 Å². The first-order valence-electron chi connectivity index (χ1n) is 12.8. The van der Waals surface area contributed by atoms with Gasteiger partial charge in [0.15, 0.2) is 5.82 Å². The molecule has 7 heteroatoms. The molecule has 0 N–H and O–H groups in total. The average molecular weight is 468 g/mol. The first-order valence-corrected chi connectivity index (χ1v) is 12.8. The van der Waals surface area contributed by atoms with Crippen molar-refractivity contribution < 1.29 is 0 Å². The van der Waals surface area contributed by atoms with Gasteiger partial charge in [0, 0.05) is 72.2 Å². The lowest BCUT2D eigenvalue weighted by Crippen LogP contribution is -2.55. The number of fused-ring (bicyclic) bond motifs is 2. The molecule has 1 aromatic carbocycles. The SMILES string of the molecule is CC(C)N1C2CCCC1CC(n1cc(-c3cnc(-c4cccc(-c5cnn(C)c5)c4)nc3)cn1)C2. The Labute approximate surface area is 206 Å². The molecule has 2 saturated heterocycles. The molecular weight excluding hydrogens is 434 g/mol. The molecule has 0 aliphatic carbocycles. The summed E-state index contributed by atoms with van der Waals surface area (Å²) in [5.41, 5.74) is 5.27. The van der Waals surface area contributed by atoms with Crippen LogP contribution in [0.1, 0.15) is 52.0 Å². The predicted molar refractivity (Wildman–Crippen MR) is 138 cm³/mol. The van der Waals surface area contributed by atoms with Crippen LogP contribution < -0.4 is 0 Å². The van der Waals surface area contributed by atoms with Crippen LogP contribution in [0.2, 0.25) is 0 Å². The van der Waals surface area contributed by atoms with E-state index in [0.29, 0.717) is 24.2 Å². The number of aryl methyl sites for hydroxylation is 1. The Morgan fingerprint density at radius 1 is 0.771 bits per heavy atom. The molecule has 180 valence electrons. The van der Waals surface area contributed by atoms with Crippen LogP contribution in [0.5, 0.6) is 0 Å². The van der Waals surface area contributed by atoms with E-state index in [1.54, 1.807) is 0 Å². The van der Waals surface area contributed by atoms with Gasteiger partial charge in [-0.2, -0.15) is 10.2 Å². The van der Waals surface area contributed by atoms with Crippen molar-refractivity contribution in [2.75, 3.05) is 0 Å². The quantitative estimate of drug-likeness (QED) is 0.395. The van der Waals surface area contributed by atoms with Crippen molar-refractivity contribution in [3.8, 4) is 33.6 Å². The predicted octanol–water partition coefficient (Wildman–Crippen LogP) is 5.37. The molecule has 2 bridgehead atoms. The van der Waals surface area contributed by atoms with Crippen molar-refractivity contribution in [1.29, 1.82) is 0 Å². The Balaban J connectivity index is 1.19. The van der Waals surface area contributed by atoms with Gasteiger partial charge in [0.1, 0.15) is 0 Å². The van der Waals surface area contributed by atoms with Gasteiger partial charge in [-0.05, 0) is 51.2 Å². The summed E-state index contributed by atoms with van der Waals surface area (Å²) in [6.07, 6.45) is 18.3. The number of benzene rings is 1. The van der Waals surface area contributed by atoms with Gasteiger partial charge >= 0.3 is 0 Å². The molecule has 2 atom stereocenters. The second-order valence-electron chi connectivity index (χ2n) is 10.4. The smallest absolute Gasteiger partial charge is 0.159 e. The number of hydrogen-bond donors (Lipinski definition) is 0. The molecule has 6 rings (SSSR count). The Morgan fingerprint density at radius 3 is 2.14 bits per heavy atom. The molecule has 0 saturated carbocycles. The van der Waals surface area contributed by atoms with Crippen LogP contribution >= 0.6 is 0 Å². The van der Waals surface area contributed by atoms with Gasteiger partial charge in [0.2, 0.25) is 0 Å². The maximum atomic E-state index is 4.78. The van der Waals surface area contributed by atoms with Crippen molar-refractivity contribution >= 4 is 0 Å². The number of aromatic nitrogens is 6. The number of hydrogen-bond acceptors (Lipinski definition) is 5. The summed E-state index contributed by atoms with van der Waals surface area (Å²) < 4.78 is 4.01. The molecule has 0 radical (unpaired) electrons. The zero-order valence-corrected chi connectivity index (χ0v) is 20.7. The molecular formula is C28H33N7. The third-order valence-electron chi connectivity index (χ3n) is 7.72. The van der Waals surface area contributed by atoms with Crippen molar-refractivity contribution in [3.63, 3.8) is 0 Å². The fourth-order valence-electron chi connectivity index (χ4n) is 6.17. The van der Waals surface area contributed by atoms with Gasteiger partial charge in [0.25, 0.3) is 0 Å². The molecule has 4 aromatic rings. The highest BCUT2D eigenvalue weighted by atomic mass is 15.3. The zero-order valence-electron chi connectivity index (χ0n) is 20.7. The van der Waals surface area contributed by atoms with Crippen molar-refractivity contribution in [2.45, 2.75) is 70.1 Å². The number of piperidine rings is 2. The van der Waals surface area contributed by atoms with Gasteiger partial charge in [-0.25, -0.2) is 9.97 Å². The molecule has 7 nitrogen and oxygen atoms in total. The highest BCUT2D eigenvalue weighted by Gasteiger charge is 2.40. The standard InChI is InChI=1S/C28H33N7/c1-19(2)35-25-8-5-9-26(35)12-27(11-25)34-18-24(16-32-34)22-13-29-28(30-14-22)21-7-4-6-20(10-21)23-15-31-33(3)17-23/h4,6-7,10,13-19,25-27H,5,8-9,11-12H2,1-3H3. The van der Waals surface area contributed by atoms with Crippen LogP contribution in [-0.4, -0.2) is 52.6 Å². The average Bonchev–Trinajstić information content (AvgIpc) is 3.53.